The highest BCUT2D eigenvalue weighted by atomic mass is 35.5. The average Bonchev–Trinajstić information content (AvgIpc) is 2.76. The van der Waals surface area contributed by atoms with Gasteiger partial charge in [-0.15, -0.1) is 0 Å². The lowest BCUT2D eigenvalue weighted by atomic mass is 10.0. The van der Waals surface area contributed by atoms with Gasteiger partial charge in [-0.25, -0.2) is 4.79 Å². The molecule has 2 aromatic carbocycles. The van der Waals surface area contributed by atoms with E-state index in [1.165, 1.54) is 0 Å². The van der Waals surface area contributed by atoms with E-state index in [2.05, 4.69) is 22.2 Å². The van der Waals surface area contributed by atoms with Crippen molar-refractivity contribution in [1.29, 1.82) is 0 Å². The van der Waals surface area contributed by atoms with Crippen LogP contribution >= 0.6 is 23.2 Å². The Kier molecular flexibility index (Phi) is 6.71. The number of hydrogen-bond donors (Lipinski definition) is 1. The van der Waals surface area contributed by atoms with E-state index in [9.17, 15) is 4.79 Å². The molecule has 2 aliphatic rings. The van der Waals surface area contributed by atoms with Gasteiger partial charge in [-0.2, -0.15) is 0 Å². The predicted molar refractivity (Wildman–Crippen MR) is 124 cm³/mol. The molecular formula is C23H28Cl2N4O. The number of benzene rings is 2. The molecule has 0 saturated carbocycles. The van der Waals surface area contributed by atoms with Crippen molar-refractivity contribution >= 4 is 34.9 Å². The molecular weight excluding hydrogens is 419 g/mol. The van der Waals surface area contributed by atoms with Crippen molar-refractivity contribution in [2.75, 3.05) is 44.7 Å². The number of carbonyl (C=O) groups excluding carboxylic acids is 1. The molecule has 0 aromatic heterocycles. The fraction of sp³-hybridized carbons (Fsp3) is 0.435. The fourth-order valence-electron chi connectivity index (χ4n) is 4.30. The predicted octanol–water partition coefficient (Wildman–Crippen LogP) is 4.66. The first-order valence-electron chi connectivity index (χ1n) is 10.5. The normalized spacial score (nSPS) is 21.0. The van der Waals surface area contributed by atoms with Crippen molar-refractivity contribution in [2.45, 2.75) is 24.9 Å². The molecule has 1 N–H and O–H groups in total. The van der Waals surface area contributed by atoms with E-state index in [1.54, 1.807) is 0 Å². The van der Waals surface area contributed by atoms with E-state index in [-0.39, 0.29) is 18.1 Å². The summed E-state index contributed by atoms with van der Waals surface area (Å²) in [6.45, 7) is 4.13. The molecule has 2 heterocycles. The molecule has 30 heavy (non-hydrogen) atoms. The van der Waals surface area contributed by atoms with Gasteiger partial charge in [0, 0.05) is 41.4 Å². The summed E-state index contributed by atoms with van der Waals surface area (Å²) in [6.07, 6.45) is 2.02. The van der Waals surface area contributed by atoms with Gasteiger partial charge in [0.15, 0.2) is 0 Å². The Morgan fingerprint density at radius 1 is 0.900 bits per heavy atom. The summed E-state index contributed by atoms with van der Waals surface area (Å²) >= 11 is 12.2. The van der Waals surface area contributed by atoms with Gasteiger partial charge in [-0.05, 0) is 74.9 Å². The maximum Gasteiger partial charge on any atom is 0.317 e. The number of piperidine rings is 1. The molecule has 4 rings (SSSR count). The molecule has 1 unspecified atom stereocenters. The third-order valence-electron chi connectivity index (χ3n) is 6.13. The molecule has 2 saturated heterocycles. The molecule has 5 nitrogen and oxygen atoms in total. The highest BCUT2D eigenvalue weighted by molar-refractivity contribution is 6.30. The molecule has 0 radical (unpaired) electrons. The minimum atomic E-state index is 0.0410. The summed E-state index contributed by atoms with van der Waals surface area (Å²) in [6, 6.07) is 16.2. The third-order valence-corrected chi connectivity index (χ3v) is 6.63. The highest BCUT2D eigenvalue weighted by Gasteiger charge is 2.32. The molecule has 1 atom stereocenters. The second-order valence-corrected chi connectivity index (χ2v) is 9.08. The van der Waals surface area contributed by atoms with Crippen LogP contribution < -0.4 is 10.2 Å². The Bertz CT molecular complexity index is 851. The first kappa shape index (κ1) is 21.3. The maximum atomic E-state index is 13.0. The Morgan fingerprint density at radius 3 is 2.13 bits per heavy atom. The number of rotatable bonds is 3. The highest BCUT2D eigenvalue weighted by Crippen LogP contribution is 2.32. The number of likely N-dealkylation sites (tertiary alicyclic amines) is 1. The molecule has 2 amide bonds. The van der Waals surface area contributed by atoms with Crippen molar-refractivity contribution in [3.05, 3.63) is 64.1 Å². The van der Waals surface area contributed by atoms with Crippen LogP contribution in [0.3, 0.4) is 0 Å². The lowest BCUT2D eigenvalue weighted by Crippen LogP contribution is -2.55. The van der Waals surface area contributed by atoms with Crippen LogP contribution in [0.2, 0.25) is 10.0 Å². The van der Waals surface area contributed by atoms with Gasteiger partial charge in [0.05, 0.1) is 6.04 Å². The van der Waals surface area contributed by atoms with Crippen LogP contribution in [-0.4, -0.2) is 61.6 Å². The average molecular weight is 447 g/mol. The van der Waals surface area contributed by atoms with E-state index in [0.717, 1.165) is 48.7 Å². The summed E-state index contributed by atoms with van der Waals surface area (Å²) in [5, 5.41) is 4.69. The molecule has 160 valence electrons. The van der Waals surface area contributed by atoms with Gasteiger partial charge < -0.3 is 20.0 Å². The molecule has 2 aromatic rings. The Hall–Kier alpha value is -1.95. The summed E-state index contributed by atoms with van der Waals surface area (Å²) in [5.74, 6) is 0. The van der Waals surface area contributed by atoms with Gasteiger partial charge >= 0.3 is 6.03 Å². The zero-order valence-electron chi connectivity index (χ0n) is 17.2. The van der Waals surface area contributed by atoms with E-state index < -0.39 is 0 Å². The lowest BCUT2D eigenvalue weighted by Gasteiger charge is -2.43. The number of amides is 2. The van der Waals surface area contributed by atoms with Crippen molar-refractivity contribution in [3.8, 4) is 0 Å². The number of nitrogens with one attached hydrogen (secondary N) is 1. The first-order chi connectivity index (χ1) is 14.5. The topological polar surface area (TPSA) is 38.8 Å². The standard InChI is InChI=1S/C23H28Cl2N4O/c1-27-12-10-20(11-13-27)26-23(30)28-14-15-29(21-8-6-19(25)7-9-21)22(16-28)17-2-4-18(24)5-3-17/h2-9,20,22H,10-16H2,1H3,(H,26,30). The minimum Gasteiger partial charge on any atom is -0.361 e. The van der Waals surface area contributed by atoms with Gasteiger partial charge in [0.25, 0.3) is 0 Å². The summed E-state index contributed by atoms with van der Waals surface area (Å²) < 4.78 is 0. The van der Waals surface area contributed by atoms with Crippen LogP contribution in [0.1, 0.15) is 24.4 Å². The second kappa shape index (κ2) is 9.46. The number of urea groups is 1. The number of hydrogen-bond acceptors (Lipinski definition) is 3. The SMILES string of the molecule is CN1CCC(NC(=O)N2CCN(c3ccc(Cl)cc3)C(c3ccc(Cl)cc3)C2)CC1. The van der Waals surface area contributed by atoms with Crippen molar-refractivity contribution in [3.63, 3.8) is 0 Å². The molecule has 2 fully saturated rings. The largest absolute Gasteiger partial charge is 0.361 e. The van der Waals surface area contributed by atoms with E-state index in [4.69, 9.17) is 23.2 Å². The second-order valence-electron chi connectivity index (χ2n) is 8.21. The minimum absolute atomic E-state index is 0.0410. The van der Waals surface area contributed by atoms with Gasteiger partial charge in [0.2, 0.25) is 0 Å². The number of anilines is 1. The molecule has 0 bridgehead atoms. The van der Waals surface area contributed by atoms with E-state index >= 15 is 0 Å². The smallest absolute Gasteiger partial charge is 0.317 e. The monoisotopic (exact) mass is 446 g/mol. The number of carbonyl (C=O) groups is 1. The summed E-state index contributed by atoms with van der Waals surface area (Å²) in [7, 11) is 2.13. The zero-order valence-corrected chi connectivity index (χ0v) is 18.7. The zero-order chi connectivity index (χ0) is 21.1. The Balaban J connectivity index is 1.50. The number of nitrogens with zero attached hydrogens (tertiary/aromatic N) is 3. The van der Waals surface area contributed by atoms with Crippen molar-refractivity contribution in [1.82, 2.24) is 15.1 Å². The van der Waals surface area contributed by atoms with Crippen LogP contribution in [0.5, 0.6) is 0 Å². The maximum absolute atomic E-state index is 13.0. The molecule has 7 heteroatoms. The quantitative estimate of drug-likeness (QED) is 0.744. The molecule has 0 spiro atoms. The summed E-state index contributed by atoms with van der Waals surface area (Å²) in [5.41, 5.74) is 2.25. The van der Waals surface area contributed by atoms with Crippen molar-refractivity contribution < 1.29 is 4.79 Å². The van der Waals surface area contributed by atoms with Crippen molar-refractivity contribution in [2.24, 2.45) is 0 Å². The first-order valence-corrected chi connectivity index (χ1v) is 11.3. The van der Waals surface area contributed by atoms with Gasteiger partial charge in [-0.1, -0.05) is 35.3 Å². The molecule has 0 aliphatic carbocycles. The van der Waals surface area contributed by atoms with E-state index in [0.29, 0.717) is 18.1 Å². The van der Waals surface area contributed by atoms with Crippen LogP contribution in [0.4, 0.5) is 10.5 Å². The Labute approximate surface area is 188 Å². The lowest BCUT2D eigenvalue weighted by molar-refractivity contribution is 0.171. The van der Waals surface area contributed by atoms with Crippen LogP contribution in [0.25, 0.3) is 0 Å². The van der Waals surface area contributed by atoms with Gasteiger partial charge in [0.1, 0.15) is 0 Å². The fourth-order valence-corrected chi connectivity index (χ4v) is 4.55. The van der Waals surface area contributed by atoms with E-state index in [1.807, 2.05) is 53.4 Å². The van der Waals surface area contributed by atoms with Crippen LogP contribution in [0, 0.1) is 0 Å². The summed E-state index contributed by atoms with van der Waals surface area (Å²) in [4.78, 5) is 19.6. The van der Waals surface area contributed by atoms with Crippen LogP contribution in [0.15, 0.2) is 48.5 Å². The molecule has 2 aliphatic heterocycles. The Morgan fingerprint density at radius 2 is 1.50 bits per heavy atom. The van der Waals surface area contributed by atoms with Crippen LogP contribution in [-0.2, 0) is 0 Å². The number of halogens is 2. The third kappa shape index (κ3) is 5.02. The number of piperazine rings is 1. The van der Waals surface area contributed by atoms with Gasteiger partial charge in [-0.3, -0.25) is 0 Å².